The van der Waals surface area contributed by atoms with Gasteiger partial charge in [0.2, 0.25) is 0 Å². The fraction of sp³-hybridized carbons (Fsp3) is 0.421. The second-order valence-corrected chi connectivity index (χ2v) is 6.10. The molecule has 0 saturated carbocycles. The third kappa shape index (κ3) is 5.06. The molecule has 0 amide bonds. The highest BCUT2D eigenvalue weighted by Crippen LogP contribution is 2.25. The van der Waals surface area contributed by atoms with Crippen LogP contribution < -0.4 is 4.74 Å². The van der Waals surface area contributed by atoms with Gasteiger partial charge in [-0.15, -0.1) is 0 Å². The maximum absolute atomic E-state index is 11.5. The van der Waals surface area contributed by atoms with Crippen molar-refractivity contribution in [3.05, 3.63) is 53.0 Å². The number of carbonyl (C=O) groups is 1. The smallest absolute Gasteiger partial charge is 0.162 e. The van der Waals surface area contributed by atoms with Crippen LogP contribution in [0.25, 0.3) is 0 Å². The summed E-state index contributed by atoms with van der Waals surface area (Å²) >= 11 is 0. The Bertz CT molecular complexity index is 591. The van der Waals surface area contributed by atoms with Gasteiger partial charge in [-0.1, -0.05) is 32.6 Å². The zero-order valence-corrected chi connectivity index (χ0v) is 14.4. The highest BCUT2D eigenvalue weighted by atomic mass is 16.5. The SMILES string of the molecule is C=C(Oc1cc(C(C)=O)ccc1C)C(OCC(C)C)=C(C)C. The second kappa shape index (κ2) is 7.83. The Morgan fingerprint density at radius 2 is 1.86 bits per heavy atom. The van der Waals surface area contributed by atoms with Crippen molar-refractivity contribution in [2.24, 2.45) is 5.92 Å². The van der Waals surface area contributed by atoms with E-state index in [9.17, 15) is 4.79 Å². The van der Waals surface area contributed by atoms with Crippen molar-refractivity contribution in [1.29, 1.82) is 0 Å². The van der Waals surface area contributed by atoms with E-state index in [4.69, 9.17) is 9.47 Å². The molecule has 0 aliphatic carbocycles. The topological polar surface area (TPSA) is 35.5 Å². The lowest BCUT2D eigenvalue weighted by Gasteiger charge is -2.18. The van der Waals surface area contributed by atoms with Gasteiger partial charge in [0.15, 0.2) is 17.3 Å². The van der Waals surface area contributed by atoms with E-state index < -0.39 is 0 Å². The van der Waals surface area contributed by atoms with Crippen molar-refractivity contribution in [2.45, 2.75) is 41.5 Å². The van der Waals surface area contributed by atoms with Crippen LogP contribution >= 0.6 is 0 Å². The van der Waals surface area contributed by atoms with Gasteiger partial charge in [-0.2, -0.15) is 0 Å². The zero-order chi connectivity index (χ0) is 16.9. The normalized spacial score (nSPS) is 10.3. The molecule has 22 heavy (non-hydrogen) atoms. The van der Waals surface area contributed by atoms with Crippen molar-refractivity contribution >= 4 is 5.78 Å². The van der Waals surface area contributed by atoms with Gasteiger partial charge >= 0.3 is 0 Å². The standard InChI is InChI=1S/C19H26O3/c1-12(2)11-21-19(13(3)4)16(7)22-18-10-17(15(6)20)9-8-14(18)5/h8-10,12H,7,11H2,1-6H3. The summed E-state index contributed by atoms with van der Waals surface area (Å²) in [5, 5.41) is 0. The highest BCUT2D eigenvalue weighted by Gasteiger charge is 2.13. The molecule has 0 atom stereocenters. The number of aryl methyl sites for hydroxylation is 1. The van der Waals surface area contributed by atoms with E-state index in [1.165, 1.54) is 6.92 Å². The molecule has 0 fully saturated rings. The molecule has 0 aliphatic rings. The lowest BCUT2D eigenvalue weighted by atomic mass is 10.1. The first kappa shape index (κ1) is 18.0. The third-order valence-corrected chi connectivity index (χ3v) is 3.10. The van der Waals surface area contributed by atoms with Gasteiger partial charge in [0.25, 0.3) is 0 Å². The fourth-order valence-corrected chi connectivity index (χ4v) is 1.86. The van der Waals surface area contributed by atoms with E-state index in [0.29, 0.717) is 35.4 Å². The summed E-state index contributed by atoms with van der Waals surface area (Å²) in [5.41, 5.74) is 2.57. The molecular weight excluding hydrogens is 276 g/mol. The fourth-order valence-electron chi connectivity index (χ4n) is 1.86. The van der Waals surface area contributed by atoms with E-state index in [0.717, 1.165) is 11.1 Å². The molecular formula is C19H26O3. The van der Waals surface area contributed by atoms with Crippen LogP contribution in [0.4, 0.5) is 0 Å². The van der Waals surface area contributed by atoms with Crippen LogP contribution in [0.3, 0.4) is 0 Å². The van der Waals surface area contributed by atoms with E-state index in [1.54, 1.807) is 12.1 Å². The molecule has 0 aliphatic heterocycles. The molecule has 0 bridgehead atoms. The summed E-state index contributed by atoms with van der Waals surface area (Å²) < 4.78 is 11.7. The quantitative estimate of drug-likeness (QED) is 0.401. The van der Waals surface area contributed by atoms with E-state index in [1.807, 2.05) is 26.8 Å². The van der Waals surface area contributed by atoms with Gasteiger partial charge in [-0.25, -0.2) is 0 Å². The summed E-state index contributed by atoms with van der Waals surface area (Å²) in [6, 6.07) is 5.41. The lowest BCUT2D eigenvalue weighted by molar-refractivity contribution is 0.101. The predicted octanol–water partition coefficient (Wildman–Crippen LogP) is 5.06. The maximum Gasteiger partial charge on any atom is 0.162 e. The minimum atomic E-state index is 0.00829. The molecule has 0 N–H and O–H groups in total. The molecule has 3 heteroatoms. The molecule has 0 unspecified atom stereocenters. The average Bonchev–Trinajstić information content (AvgIpc) is 2.40. The summed E-state index contributed by atoms with van der Waals surface area (Å²) in [5.74, 6) is 2.19. The van der Waals surface area contributed by atoms with Crippen LogP contribution in [-0.4, -0.2) is 12.4 Å². The molecule has 0 spiro atoms. The number of carbonyl (C=O) groups excluding carboxylic acids is 1. The van der Waals surface area contributed by atoms with Crippen molar-refractivity contribution in [3.8, 4) is 5.75 Å². The summed E-state index contributed by atoms with van der Waals surface area (Å²) in [4.78, 5) is 11.5. The molecule has 0 aromatic heterocycles. The number of hydrogen-bond donors (Lipinski definition) is 0. The number of Topliss-reactive ketones (excluding diaryl/α,β-unsaturated/α-hetero) is 1. The first-order chi connectivity index (χ1) is 10.2. The van der Waals surface area contributed by atoms with Crippen molar-refractivity contribution in [3.63, 3.8) is 0 Å². The number of ether oxygens (including phenoxy) is 2. The lowest BCUT2D eigenvalue weighted by Crippen LogP contribution is -2.09. The Labute approximate surface area is 133 Å². The van der Waals surface area contributed by atoms with E-state index >= 15 is 0 Å². The Hall–Kier alpha value is -2.03. The first-order valence-corrected chi connectivity index (χ1v) is 7.51. The zero-order valence-electron chi connectivity index (χ0n) is 14.4. The van der Waals surface area contributed by atoms with Crippen LogP contribution in [-0.2, 0) is 4.74 Å². The van der Waals surface area contributed by atoms with Crippen LogP contribution in [0.2, 0.25) is 0 Å². The van der Waals surface area contributed by atoms with Gasteiger partial charge in [-0.05, 0) is 50.8 Å². The molecule has 0 saturated heterocycles. The number of hydrogen-bond acceptors (Lipinski definition) is 3. The largest absolute Gasteiger partial charge is 0.490 e. The summed E-state index contributed by atoms with van der Waals surface area (Å²) in [7, 11) is 0. The molecule has 1 rings (SSSR count). The van der Waals surface area contributed by atoms with Gasteiger partial charge < -0.3 is 9.47 Å². The highest BCUT2D eigenvalue weighted by molar-refractivity contribution is 5.94. The van der Waals surface area contributed by atoms with Crippen molar-refractivity contribution in [1.82, 2.24) is 0 Å². The van der Waals surface area contributed by atoms with Gasteiger partial charge in [0, 0.05) is 5.56 Å². The minimum Gasteiger partial charge on any atom is -0.490 e. The maximum atomic E-state index is 11.5. The Balaban J connectivity index is 2.97. The van der Waals surface area contributed by atoms with Gasteiger partial charge in [0.1, 0.15) is 5.75 Å². The molecule has 3 nitrogen and oxygen atoms in total. The number of rotatable bonds is 7. The van der Waals surface area contributed by atoms with Crippen LogP contribution in [0.15, 0.2) is 41.9 Å². The average molecular weight is 302 g/mol. The monoisotopic (exact) mass is 302 g/mol. The molecule has 0 heterocycles. The second-order valence-electron chi connectivity index (χ2n) is 6.10. The Morgan fingerprint density at radius 3 is 2.36 bits per heavy atom. The molecule has 1 aromatic rings. The summed E-state index contributed by atoms with van der Waals surface area (Å²) in [6.45, 7) is 16.2. The number of allylic oxidation sites excluding steroid dienone is 1. The minimum absolute atomic E-state index is 0.00829. The van der Waals surface area contributed by atoms with Gasteiger partial charge in [0.05, 0.1) is 6.61 Å². The van der Waals surface area contributed by atoms with E-state index in [2.05, 4.69) is 20.4 Å². The van der Waals surface area contributed by atoms with Crippen LogP contribution in [0, 0.1) is 12.8 Å². The van der Waals surface area contributed by atoms with Gasteiger partial charge in [-0.3, -0.25) is 4.79 Å². The number of benzene rings is 1. The third-order valence-electron chi connectivity index (χ3n) is 3.10. The predicted molar refractivity (Wildman–Crippen MR) is 90.1 cm³/mol. The molecule has 0 radical (unpaired) electrons. The van der Waals surface area contributed by atoms with E-state index in [-0.39, 0.29) is 5.78 Å². The summed E-state index contributed by atoms with van der Waals surface area (Å²) in [6.07, 6.45) is 0. The Morgan fingerprint density at radius 1 is 1.23 bits per heavy atom. The molecule has 120 valence electrons. The first-order valence-electron chi connectivity index (χ1n) is 7.51. The van der Waals surface area contributed by atoms with Crippen LogP contribution in [0.5, 0.6) is 5.75 Å². The molecule has 1 aromatic carbocycles. The van der Waals surface area contributed by atoms with Crippen molar-refractivity contribution < 1.29 is 14.3 Å². The Kier molecular flexibility index (Phi) is 6.41. The van der Waals surface area contributed by atoms with Crippen LogP contribution in [0.1, 0.15) is 50.5 Å². The number of ketones is 1. The van der Waals surface area contributed by atoms with Crippen molar-refractivity contribution in [2.75, 3.05) is 6.61 Å².